The van der Waals surface area contributed by atoms with Crippen molar-refractivity contribution in [3.05, 3.63) is 88.4 Å². The summed E-state index contributed by atoms with van der Waals surface area (Å²) in [6, 6.07) is 20.8. The molecule has 8 nitrogen and oxygen atoms in total. The number of carbonyl (C=O) groups is 2. The minimum atomic E-state index is -0.172. The molecule has 3 amide bonds. The van der Waals surface area contributed by atoms with Crippen molar-refractivity contribution < 1.29 is 9.59 Å². The summed E-state index contributed by atoms with van der Waals surface area (Å²) in [5.41, 5.74) is 4.31. The number of nitrogens with one attached hydrogen (secondary N) is 3. The highest BCUT2D eigenvalue weighted by Crippen LogP contribution is 2.22. The molecule has 36 heavy (non-hydrogen) atoms. The van der Waals surface area contributed by atoms with E-state index in [2.05, 4.69) is 20.8 Å². The molecule has 3 aromatic carbocycles. The number of para-hydroxylation sites is 1. The number of hydrogen-bond acceptors (Lipinski definition) is 4. The van der Waals surface area contributed by atoms with E-state index < -0.39 is 0 Å². The molecule has 1 fully saturated rings. The van der Waals surface area contributed by atoms with E-state index in [9.17, 15) is 9.59 Å². The standard InChI is InChI=1S/C27H27ClN6O2/c1-18-16-21(28)10-11-23(18)30-27(36)34-14-12-33(13-15-34)26(35)20-8-6-19(7-9-20)17-29-25-22-4-2-3-5-24(22)31-32-25/h2-11,16H,12-15,17H2,1H3,(H,30,36)(H2,29,31,32). The van der Waals surface area contributed by atoms with Gasteiger partial charge in [-0.15, -0.1) is 0 Å². The Morgan fingerprint density at radius 1 is 0.972 bits per heavy atom. The normalized spacial score (nSPS) is 13.6. The van der Waals surface area contributed by atoms with Gasteiger partial charge in [0.15, 0.2) is 5.82 Å². The molecular weight excluding hydrogens is 476 g/mol. The van der Waals surface area contributed by atoms with Gasteiger partial charge in [-0.2, -0.15) is 5.10 Å². The van der Waals surface area contributed by atoms with E-state index in [1.54, 1.807) is 21.9 Å². The zero-order valence-corrected chi connectivity index (χ0v) is 20.7. The number of benzene rings is 3. The fourth-order valence-corrected chi connectivity index (χ4v) is 4.53. The minimum absolute atomic E-state index is 0.0265. The van der Waals surface area contributed by atoms with Crippen molar-refractivity contribution in [3.8, 4) is 0 Å². The maximum atomic E-state index is 13.0. The van der Waals surface area contributed by atoms with Crippen LogP contribution in [0, 0.1) is 6.92 Å². The lowest BCUT2D eigenvalue weighted by atomic mass is 10.1. The number of rotatable bonds is 5. The van der Waals surface area contributed by atoms with E-state index in [0.717, 1.165) is 33.5 Å². The van der Waals surface area contributed by atoms with Crippen molar-refractivity contribution >= 4 is 45.9 Å². The maximum Gasteiger partial charge on any atom is 0.321 e. The van der Waals surface area contributed by atoms with E-state index in [4.69, 9.17) is 11.6 Å². The summed E-state index contributed by atoms with van der Waals surface area (Å²) in [4.78, 5) is 29.2. The molecule has 1 saturated heterocycles. The second kappa shape index (κ2) is 10.3. The Balaban J connectivity index is 1.13. The zero-order chi connectivity index (χ0) is 25.1. The number of aryl methyl sites for hydroxylation is 1. The predicted molar refractivity (Wildman–Crippen MR) is 143 cm³/mol. The topological polar surface area (TPSA) is 93.4 Å². The van der Waals surface area contributed by atoms with Crippen LogP contribution >= 0.6 is 11.6 Å². The second-order valence-corrected chi connectivity index (χ2v) is 9.27. The lowest BCUT2D eigenvalue weighted by molar-refractivity contribution is 0.0671. The highest BCUT2D eigenvalue weighted by atomic mass is 35.5. The number of nitrogens with zero attached hydrogens (tertiary/aromatic N) is 3. The molecule has 5 rings (SSSR count). The molecule has 9 heteroatoms. The summed E-state index contributed by atoms with van der Waals surface area (Å²) < 4.78 is 0. The third-order valence-corrected chi connectivity index (χ3v) is 6.65. The number of fused-ring (bicyclic) bond motifs is 1. The number of aromatic amines is 1. The average molecular weight is 503 g/mol. The molecule has 0 saturated carbocycles. The predicted octanol–water partition coefficient (Wildman–Crippen LogP) is 5.13. The smallest absolute Gasteiger partial charge is 0.321 e. The van der Waals surface area contributed by atoms with Gasteiger partial charge in [0, 0.05) is 54.4 Å². The average Bonchev–Trinajstić information content (AvgIpc) is 3.32. The van der Waals surface area contributed by atoms with Crippen molar-refractivity contribution in [1.29, 1.82) is 0 Å². The highest BCUT2D eigenvalue weighted by molar-refractivity contribution is 6.30. The lowest BCUT2D eigenvalue weighted by Crippen LogP contribution is -2.51. The molecule has 4 aromatic rings. The summed E-state index contributed by atoms with van der Waals surface area (Å²) in [6.45, 7) is 4.43. The van der Waals surface area contributed by atoms with Gasteiger partial charge in [0.1, 0.15) is 0 Å². The molecular formula is C27H27ClN6O2. The summed E-state index contributed by atoms with van der Waals surface area (Å²) in [6.07, 6.45) is 0. The molecule has 2 heterocycles. The Hall–Kier alpha value is -4.04. The molecule has 3 N–H and O–H groups in total. The molecule has 0 spiro atoms. The Bertz CT molecular complexity index is 1390. The first kappa shape index (κ1) is 23.7. The summed E-state index contributed by atoms with van der Waals surface area (Å²) >= 11 is 6.00. The monoisotopic (exact) mass is 502 g/mol. The van der Waals surface area contributed by atoms with Crippen LogP contribution < -0.4 is 10.6 Å². The molecule has 0 bridgehead atoms. The lowest BCUT2D eigenvalue weighted by Gasteiger charge is -2.34. The van der Waals surface area contributed by atoms with Gasteiger partial charge in [-0.05, 0) is 60.5 Å². The van der Waals surface area contributed by atoms with Crippen molar-refractivity contribution in [3.63, 3.8) is 0 Å². The van der Waals surface area contributed by atoms with Crippen LogP contribution in [0.25, 0.3) is 10.9 Å². The Kier molecular flexibility index (Phi) is 6.77. The number of hydrogen-bond donors (Lipinski definition) is 3. The fourth-order valence-electron chi connectivity index (χ4n) is 4.31. The van der Waals surface area contributed by atoms with E-state index in [-0.39, 0.29) is 11.9 Å². The van der Waals surface area contributed by atoms with Gasteiger partial charge >= 0.3 is 6.03 Å². The van der Waals surface area contributed by atoms with Crippen molar-refractivity contribution in [2.75, 3.05) is 36.8 Å². The summed E-state index contributed by atoms with van der Waals surface area (Å²) in [5.74, 6) is 0.778. The Morgan fingerprint density at radius 2 is 1.69 bits per heavy atom. The van der Waals surface area contributed by atoms with Crippen molar-refractivity contribution in [2.45, 2.75) is 13.5 Å². The first-order chi connectivity index (χ1) is 17.5. The molecule has 0 aliphatic carbocycles. The van der Waals surface area contributed by atoms with Gasteiger partial charge in [-0.1, -0.05) is 35.9 Å². The van der Waals surface area contributed by atoms with Gasteiger partial charge in [-0.25, -0.2) is 4.79 Å². The first-order valence-electron chi connectivity index (χ1n) is 11.9. The number of anilines is 2. The van der Waals surface area contributed by atoms with Gasteiger partial charge in [0.25, 0.3) is 5.91 Å². The van der Waals surface area contributed by atoms with Gasteiger partial charge < -0.3 is 20.4 Å². The number of aromatic nitrogens is 2. The van der Waals surface area contributed by atoms with Crippen LogP contribution in [-0.4, -0.2) is 58.1 Å². The minimum Gasteiger partial charge on any atom is -0.364 e. The van der Waals surface area contributed by atoms with Crippen LogP contribution in [-0.2, 0) is 6.54 Å². The summed E-state index contributed by atoms with van der Waals surface area (Å²) in [7, 11) is 0. The second-order valence-electron chi connectivity index (χ2n) is 8.84. The first-order valence-corrected chi connectivity index (χ1v) is 12.2. The van der Waals surface area contributed by atoms with Crippen molar-refractivity contribution in [1.82, 2.24) is 20.0 Å². The molecule has 1 aliphatic rings. The van der Waals surface area contributed by atoms with E-state index in [1.165, 1.54) is 0 Å². The number of piperazine rings is 1. The van der Waals surface area contributed by atoms with Crippen LogP contribution in [0.4, 0.5) is 16.3 Å². The maximum absolute atomic E-state index is 13.0. The molecule has 0 unspecified atom stereocenters. The van der Waals surface area contributed by atoms with Gasteiger partial charge in [0.05, 0.1) is 5.52 Å². The van der Waals surface area contributed by atoms with Crippen molar-refractivity contribution in [2.24, 2.45) is 0 Å². The van der Waals surface area contributed by atoms with Crippen LogP contribution in [0.2, 0.25) is 5.02 Å². The third-order valence-electron chi connectivity index (χ3n) is 6.42. The number of urea groups is 1. The van der Waals surface area contributed by atoms with Crippen LogP contribution in [0.15, 0.2) is 66.7 Å². The number of halogens is 1. The highest BCUT2D eigenvalue weighted by Gasteiger charge is 2.25. The quantitative estimate of drug-likeness (QED) is 0.353. The van der Waals surface area contributed by atoms with Crippen LogP contribution in [0.1, 0.15) is 21.5 Å². The Morgan fingerprint density at radius 3 is 2.44 bits per heavy atom. The number of H-pyrrole nitrogens is 1. The van der Waals surface area contributed by atoms with Crippen LogP contribution in [0.3, 0.4) is 0 Å². The molecule has 0 radical (unpaired) electrons. The number of amides is 3. The molecule has 184 valence electrons. The van der Waals surface area contributed by atoms with Crippen LogP contribution in [0.5, 0.6) is 0 Å². The third kappa shape index (κ3) is 5.13. The summed E-state index contributed by atoms with van der Waals surface area (Å²) in [5, 5.41) is 15.3. The zero-order valence-electron chi connectivity index (χ0n) is 19.9. The van der Waals surface area contributed by atoms with Gasteiger partial charge in [-0.3, -0.25) is 9.89 Å². The van der Waals surface area contributed by atoms with Gasteiger partial charge in [0.2, 0.25) is 0 Å². The molecule has 0 atom stereocenters. The molecule has 1 aromatic heterocycles. The largest absolute Gasteiger partial charge is 0.364 e. The number of carbonyl (C=O) groups excluding carboxylic acids is 2. The van der Waals surface area contributed by atoms with E-state index in [1.807, 2.05) is 61.5 Å². The van der Waals surface area contributed by atoms with E-state index in [0.29, 0.717) is 43.3 Å². The van der Waals surface area contributed by atoms with E-state index >= 15 is 0 Å². The Labute approximate surface area is 214 Å². The molecule has 1 aliphatic heterocycles. The fraction of sp³-hybridized carbons (Fsp3) is 0.222. The SMILES string of the molecule is Cc1cc(Cl)ccc1NC(=O)N1CCN(C(=O)c2ccc(CNc3n[nH]c4ccccc34)cc2)CC1.